The Morgan fingerprint density at radius 3 is 2.92 bits per heavy atom. The molecule has 0 bridgehead atoms. The summed E-state index contributed by atoms with van der Waals surface area (Å²) in [6, 6.07) is 14.1. The number of anilines is 1. The van der Waals surface area contributed by atoms with Gasteiger partial charge in [-0.25, -0.2) is 0 Å². The van der Waals surface area contributed by atoms with Gasteiger partial charge in [-0.3, -0.25) is 4.79 Å². The van der Waals surface area contributed by atoms with Gasteiger partial charge in [-0.1, -0.05) is 18.2 Å². The van der Waals surface area contributed by atoms with Crippen molar-refractivity contribution >= 4 is 17.0 Å². The third kappa shape index (κ3) is 3.05. The fourth-order valence-electron chi connectivity index (χ4n) is 3.87. The number of nitrogen functional groups attached to an aromatic ring is 1. The van der Waals surface area contributed by atoms with Crippen molar-refractivity contribution in [2.45, 2.75) is 32.2 Å². The molecule has 0 atom stereocenters. The first-order valence-corrected chi connectivity index (χ1v) is 8.93. The molecule has 4 rings (SSSR count). The molecule has 0 amide bonds. The van der Waals surface area contributed by atoms with Crippen LogP contribution in [-0.4, -0.2) is 16.7 Å². The highest BCUT2D eigenvalue weighted by Gasteiger charge is 2.25. The first-order valence-electron chi connectivity index (χ1n) is 8.93. The molecule has 2 aromatic heterocycles. The molecule has 0 fully saturated rings. The van der Waals surface area contributed by atoms with Crippen molar-refractivity contribution in [2.24, 2.45) is 0 Å². The van der Waals surface area contributed by atoms with Crippen molar-refractivity contribution in [3.63, 3.8) is 0 Å². The Labute approximate surface area is 147 Å². The second kappa shape index (κ2) is 6.73. The van der Waals surface area contributed by atoms with Crippen molar-refractivity contribution < 1.29 is 4.79 Å². The van der Waals surface area contributed by atoms with Crippen LogP contribution in [0, 0.1) is 0 Å². The third-order valence-corrected chi connectivity index (χ3v) is 4.99. The highest BCUT2D eigenvalue weighted by atomic mass is 16.1. The highest BCUT2D eigenvalue weighted by Crippen LogP contribution is 2.30. The number of ketones is 1. The van der Waals surface area contributed by atoms with Crippen LogP contribution in [0.2, 0.25) is 0 Å². The van der Waals surface area contributed by atoms with E-state index >= 15 is 0 Å². The quantitative estimate of drug-likeness (QED) is 0.556. The number of aromatic nitrogens is 1. The largest absolute Gasteiger partial charge is 0.399 e. The van der Waals surface area contributed by atoms with E-state index < -0.39 is 0 Å². The number of nitrogens with one attached hydrogen (secondary N) is 1. The number of fused-ring (bicyclic) bond motifs is 3. The van der Waals surface area contributed by atoms with Gasteiger partial charge < -0.3 is 15.5 Å². The number of benzene rings is 1. The van der Waals surface area contributed by atoms with Crippen LogP contribution >= 0.6 is 0 Å². The monoisotopic (exact) mass is 333 g/mol. The third-order valence-electron chi connectivity index (χ3n) is 4.99. The molecule has 4 heteroatoms. The van der Waals surface area contributed by atoms with Crippen molar-refractivity contribution in [2.75, 3.05) is 12.3 Å². The minimum absolute atomic E-state index is 0.279. The number of hydrogen-bond donors (Lipinski definition) is 2. The van der Waals surface area contributed by atoms with Crippen LogP contribution in [-0.2, 0) is 19.4 Å². The molecule has 2 heterocycles. The van der Waals surface area contributed by atoms with E-state index in [1.807, 2.05) is 30.5 Å². The van der Waals surface area contributed by atoms with E-state index in [9.17, 15) is 4.79 Å². The van der Waals surface area contributed by atoms with E-state index in [0.29, 0.717) is 6.42 Å². The summed E-state index contributed by atoms with van der Waals surface area (Å²) < 4.78 is 2.09. The molecule has 1 aromatic carbocycles. The Kier molecular flexibility index (Phi) is 4.28. The average molecular weight is 333 g/mol. The summed E-state index contributed by atoms with van der Waals surface area (Å²) in [6.07, 6.45) is 5.58. The lowest BCUT2D eigenvalue weighted by Crippen LogP contribution is -2.18. The number of pyridine rings is 1. The average Bonchev–Trinajstić information content (AvgIpc) is 2.94. The second-order valence-electron chi connectivity index (χ2n) is 6.71. The van der Waals surface area contributed by atoms with Gasteiger partial charge in [0.1, 0.15) is 0 Å². The summed E-state index contributed by atoms with van der Waals surface area (Å²) in [4.78, 5) is 12.4. The Bertz CT molecular complexity index is 926. The molecule has 25 heavy (non-hydrogen) atoms. The Balaban J connectivity index is 1.53. The normalized spacial score (nSPS) is 14.0. The molecular formula is C21H23N3O. The molecule has 1 aliphatic rings. The van der Waals surface area contributed by atoms with Crippen LogP contribution in [0.15, 0.2) is 48.7 Å². The summed E-state index contributed by atoms with van der Waals surface area (Å²) >= 11 is 0. The lowest BCUT2D eigenvalue weighted by molar-refractivity contribution is 0.0966. The number of nitrogens with zero attached hydrogens (tertiary/aromatic N) is 1. The Morgan fingerprint density at radius 2 is 2.04 bits per heavy atom. The predicted molar refractivity (Wildman–Crippen MR) is 101 cm³/mol. The molecular weight excluding hydrogens is 310 g/mol. The van der Waals surface area contributed by atoms with Gasteiger partial charge in [0, 0.05) is 30.4 Å². The van der Waals surface area contributed by atoms with Crippen LogP contribution in [0.5, 0.6) is 0 Å². The summed E-state index contributed by atoms with van der Waals surface area (Å²) in [6.45, 7) is 1.68. The smallest absolute Gasteiger partial charge is 0.179 e. The maximum Gasteiger partial charge on any atom is 0.179 e. The highest BCUT2D eigenvalue weighted by molar-refractivity contribution is 5.99. The van der Waals surface area contributed by atoms with Crippen LogP contribution in [0.3, 0.4) is 0 Å². The number of hydrogen-bond acceptors (Lipinski definition) is 3. The fourth-order valence-corrected chi connectivity index (χ4v) is 3.87. The molecule has 3 aromatic rings. The van der Waals surface area contributed by atoms with E-state index in [4.69, 9.17) is 5.73 Å². The standard InChI is InChI=1S/C21H23N3O/c22-16-6-3-5-15(13-16)14-23-11-10-17-18-7-4-9-20(25)21(18)24-12-2-1-8-19(17)24/h1-3,5-6,8,12-13,23H,4,7,9-11,14,22H2. The maximum absolute atomic E-state index is 12.4. The van der Waals surface area contributed by atoms with Gasteiger partial charge in [0.25, 0.3) is 0 Å². The predicted octanol–water partition coefficient (Wildman–Crippen LogP) is 3.37. The number of carbonyl (C=O) groups excluding carboxylic acids is 1. The van der Waals surface area contributed by atoms with E-state index in [2.05, 4.69) is 27.9 Å². The van der Waals surface area contributed by atoms with Crippen molar-refractivity contribution in [1.29, 1.82) is 0 Å². The van der Waals surface area contributed by atoms with E-state index in [-0.39, 0.29) is 5.78 Å². The molecule has 0 radical (unpaired) electrons. The summed E-state index contributed by atoms with van der Waals surface area (Å²) in [5.41, 5.74) is 12.5. The summed E-state index contributed by atoms with van der Waals surface area (Å²) in [5, 5.41) is 3.50. The zero-order valence-electron chi connectivity index (χ0n) is 14.3. The molecule has 0 saturated heterocycles. The van der Waals surface area contributed by atoms with Crippen LogP contribution in [0.1, 0.15) is 40.0 Å². The van der Waals surface area contributed by atoms with Gasteiger partial charge in [0.05, 0.1) is 5.69 Å². The van der Waals surface area contributed by atoms with Gasteiger partial charge in [-0.05, 0) is 66.8 Å². The molecule has 128 valence electrons. The first kappa shape index (κ1) is 15.9. The number of rotatable bonds is 5. The van der Waals surface area contributed by atoms with Crippen LogP contribution in [0.25, 0.3) is 5.52 Å². The minimum Gasteiger partial charge on any atom is -0.399 e. The van der Waals surface area contributed by atoms with Crippen molar-refractivity contribution in [1.82, 2.24) is 9.72 Å². The van der Waals surface area contributed by atoms with Crippen LogP contribution < -0.4 is 11.1 Å². The SMILES string of the molecule is Nc1cccc(CNCCc2c3c(n4ccccc24)C(=O)CCC3)c1. The van der Waals surface area contributed by atoms with Crippen molar-refractivity contribution in [3.05, 3.63) is 71.0 Å². The molecule has 0 spiro atoms. The Morgan fingerprint density at radius 1 is 1.12 bits per heavy atom. The number of carbonyl (C=O) groups is 1. The molecule has 4 nitrogen and oxygen atoms in total. The fraction of sp³-hybridized carbons (Fsp3) is 0.286. The van der Waals surface area contributed by atoms with Crippen LogP contribution in [0.4, 0.5) is 5.69 Å². The Hall–Kier alpha value is -2.59. The van der Waals surface area contributed by atoms with Gasteiger partial charge in [-0.15, -0.1) is 0 Å². The van der Waals surface area contributed by atoms with Gasteiger partial charge in [0.2, 0.25) is 0 Å². The van der Waals surface area contributed by atoms with E-state index in [1.165, 1.54) is 22.2 Å². The number of nitrogens with two attached hydrogens (primary N) is 1. The van der Waals surface area contributed by atoms with Gasteiger partial charge in [-0.2, -0.15) is 0 Å². The lowest BCUT2D eigenvalue weighted by atomic mass is 9.92. The van der Waals surface area contributed by atoms with E-state index in [1.54, 1.807) is 0 Å². The summed E-state index contributed by atoms with van der Waals surface area (Å²) in [7, 11) is 0. The van der Waals surface area contributed by atoms with Crippen molar-refractivity contribution in [3.8, 4) is 0 Å². The molecule has 0 saturated carbocycles. The zero-order chi connectivity index (χ0) is 17.2. The van der Waals surface area contributed by atoms with Gasteiger partial charge in [0.15, 0.2) is 5.78 Å². The summed E-state index contributed by atoms with van der Waals surface area (Å²) in [5.74, 6) is 0.279. The zero-order valence-corrected chi connectivity index (χ0v) is 14.3. The lowest BCUT2D eigenvalue weighted by Gasteiger charge is -2.12. The maximum atomic E-state index is 12.4. The van der Waals surface area contributed by atoms with Gasteiger partial charge >= 0.3 is 0 Å². The second-order valence-corrected chi connectivity index (χ2v) is 6.71. The topological polar surface area (TPSA) is 59.5 Å². The first-order chi connectivity index (χ1) is 12.2. The number of Topliss-reactive ketones (excluding diaryl/α,β-unsaturated/α-hetero) is 1. The molecule has 1 aliphatic carbocycles. The van der Waals surface area contributed by atoms with E-state index in [0.717, 1.165) is 43.7 Å². The molecule has 0 unspecified atom stereocenters. The minimum atomic E-state index is 0.279. The molecule has 3 N–H and O–H groups in total. The molecule has 0 aliphatic heterocycles.